The third-order valence-corrected chi connectivity index (χ3v) is 7.42. The van der Waals surface area contributed by atoms with Crippen LogP contribution in [0.15, 0.2) is 51.7 Å². The van der Waals surface area contributed by atoms with Gasteiger partial charge in [0.05, 0.1) is 0 Å². The largest absolute Gasteiger partial charge is 0.508 e. The van der Waals surface area contributed by atoms with Gasteiger partial charge < -0.3 is 69.7 Å². The highest BCUT2D eigenvalue weighted by atomic mass is 16.8. The maximum atomic E-state index is 12.9. The summed E-state index contributed by atoms with van der Waals surface area (Å²) in [6, 6.07) is 8.24. The van der Waals surface area contributed by atoms with Crippen LogP contribution in [0.25, 0.3) is 22.3 Å². The minimum atomic E-state index is -3.18. The van der Waals surface area contributed by atoms with Crippen molar-refractivity contribution >= 4 is 22.9 Å². The highest BCUT2D eigenvalue weighted by molar-refractivity contribution is 5.86. The molecule has 2 saturated heterocycles. The highest BCUT2D eigenvalue weighted by Gasteiger charge is 2.66. The van der Waals surface area contributed by atoms with Gasteiger partial charge in [-0.3, -0.25) is 4.79 Å². The molecule has 2 aliphatic rings. The number of phenolic OH excluding ortho intramolecular Hbond substituents is 2. The fraction of sp³-hybridized carbons (Fsp3) is 0.370. The molecule has 0 bridgehead atoms. The van der Waals surface area contributed by atoms with Gasteiger partial charge in [0.2, 0.25) is 0 Å². The van der Waals surface area contributed by atoms with E-state index in [0.29, 0.717) is 5.56 Å². The molecule has 17 nitrogen and oxygen atoms in total. The maximum absolute atomic E-state index is 12.9. The van der Waals surface area contributed by atoms with Gasteiger partial charge in [-0.2, -0.15) is 0 Å². The molecular weight excluding hydrogens is 596 g/mol. The van der Waals surface area contributed by atoms with Crippen LogP contribution in [-0.4, -0.2) is 124 Å². The van der Waals surface area contributed by atoms with Crippen molar-refractivity contribution in [1.82, 2.24) is 0 Å². The second kappa shape index (κ2) is 11.3. The summed E-state index contributed by atoms with van der Waals surface area (Å²) in [4.78, 5) is 36.6. The quantitative estimate of drug-likeness (QED) is 0.135. The van der Waals surface area contributed by atoms with Crippen LogP contribution < -0.4 is 10.2 Å². The van der Waals surface area contributed by atoms with Crippen LogP contribution in [0.2, 0.25) is 0 Å². The molecule has 3 heterocycles. The van der Waals surface area contributed by atoms with E-state index in [4.69, 9.17) is 18.6 Å². The zero-order valence-corrected chi connectivity index (χ0v) is 22.1. The van der Waals surface area contributed by atoms with E-state index in [1.165, 1.54) is 24.3 Å². The van der Waals surface area contributed by atoms with Crippen LogP contribution in [0.5, 0.6) is 17.2 Å². The van der Waals surface area contributed by atoms with Crippen LogP contribution >= 0.6 is 0 Å². The van der Waals surface area contributed by atoms with Gasteiger partial charge in [0.15, 0.2) is 29.8 Å². The number of benzene rings is 2. The Kier molecular flexibility index (Phi) is 7.99. The van der Waals surface area contributed by atoms with Crippen molar-refractivity contribution in [3.63, 3.8) is 0 Å². The predicted octanol–water partition coefficient (Wildman–Crippen LogP) is -2.55. The summed E-state index contributed by atoms with van der Waals surface area (Å²) in [5, 5.41) is 103. The lowest BCUT2D eigenvalue weighted by Gasteiger charge is -2.53. The Labute approximate surface area is 244 Å². The molecule has 10 atom stereocenters. The SMILES string of the molecule is O=C(O)[C@H]1O[C@H]([C@]2(Oc3cc(O)c4c(=O)cc(-c5ccc(O)cc5)oc4c3)O[C@@H](C(=O)O)[C@H](O)[C@H](O)[C@@H]2O)[C@@H](O)[C@H](O)[C@H]1O. The molecule has 17 heteroatoms. The van der Waals surface area contributed by atoms with E-state index >= 15 is 0 Å². The van der Waals surface area contributed by atoms with E-state index in [2.05, 4.69) is 0 Å². The zero-order chi connectivity index (χ0) is 32.2. The normalized spacial score (nSPS) is 34.0. The summed E-state index contributed by atoms with van der Waals surface area (Å²) < 4.78 is 22.1. The van der Waals surface area contributed by atoms with Gasteiger partial charge in [-0.1, -0.05) is 0 Å². The molecule has 0 saturated carbocycles. The molecule has 44 heavy (non-hydrogen) atoms. The lowest BCUT2D eigenvalue weighted by atomic mass is 9.82. The monoisotopic (exact) mass is 622 g/mol. The molecule has 2 aromatic carbocycles. The number of rotatable bonds is 6. The first-order valence-corrected chi connectivity index (χ1v) is 12.8. The van der Waals surface area contributed by atoms with Crippen LogP contribution in [0, 0.1) is 0 Å². The topological polar surface area (TPSA) is 294 Å². The van der Waals surface area contributed by atoms with Crippen molar-refractivity contribution in [3.8, 4) is 28.6 Å². The number of fused-ring (bicyclic) bond motifs is 1. The smallest absolute Gasteiger partial charge is 0.335 e. The zero-order valence-electron chi connectivity index (χ0n) is 22.1. The molecular formula is C27H26O17. The molecule has 2 aliphatic heterocycles. The van der Waals surface area contributed by atoms with Crippen molar-refractivity contribution in [2.75, 3.05) is 0 Å². The first-order chi connectivity index (χ1) is 20.7. The number of hydrogen-bond donors (Lipinski definition) is 10. The molecule has 10 N–H and O–H groups in total. The van der Waals surface area contributed by atoms with Crippen molar-refractivity contribution in [2.24, 2.45) is 0 Å². The minimum absolute atomic E-state index is 0.0420. The minimum Gasteiger partial charge on any atom is -0.508 e. The van der Waals surface area contributed by atoms with Gasteiger partial charge in [0.25, 0.3) is 5.79 Å². The van der Waals surface area contributed by atoms with Crippen LogP contribution in [0.3, 0.4) is 0 Å². The molecule has 2 fully saturated rings. The number of carbonyl (C=O) groups is 2. The fourth-order valence-electron chi connectivity index (χ4n) is 5.19. The number of aliphatic hydroxyl groups is 6. The molecule has 0 unspecified atom stereocenters. The third-order valence-electron chi connectivity index (χ3n) is 7.42. The Balaban J connectivity index is 1.67. The van der Waals surface area contributed by atoms with E-state index in [0.717, 1.165) is 18.2 Å². The van der Waals surface area contributed by atoms with E-state index in [-0.39, 0.29) is 22.5 Å². The Morgan fingerprint density at radius 2 is 1.39 bits per heavy atom. The third kappa shape index (κ3) is 5.10. The number of aromatic hydroxyl groups is 2. The fourth-order valence-corrected chi connectivity index (χ4v) is 5.19. The number of phenols is 2. The van der Waals surface area contributed by atoms with Crippen molar-refractivity contribution in [2.45, 2.75) is 60.7 Å². The Morgan fingerprint density at radius 3 is 2.00 bits per heavy atom. The maximum Gasteiger partial charge on any atom is 0.335 e. The van der Waals surface area contributed by atoms with Gasteiger partial charge in [0.1, 0.15) is 64.5 Å². The summed E-state index contributed by atoms with van der Waals surface area (Å²) >= 11 is 0. The summed E-state index contributed by atoms with van der Waals surface area (Å²) in [5.41, 5.74) is -0.767. The highest BCUT2D eigenvalue weighted by Crippen LogP contribution is 2.42. The Bertz CT molecular complexity index is 1640. The van der Waals surface area contributed by atoms with E-state index in [9.17, 15) is 65.4 Å². The second-order valence-electron chi connectivity index (χ2n) is 10.3. The molecule has 5 rings (SSSR count). The van der Waals surface area contributed by atoms with E-state index in [1.54, 1.807) is 0 Å². The van der Waals surface area contributed by atoms with Gasteiger partial charge in [-0.25, -0.2) is 9.59 Å². The van der Waals surface area contributed by atoms with E-state index in [1.807, 2.05) is 0 Å². The molecule has 0 spiro atoms. The average molecular weight is 622 g/mol. The molecule has 0 aliphatic carbocycles. The standard InChI is InChI=1S/C27H26O17/c28-9-3-1-8(2-4-9)13-7-12(30)15-11(29)5-10(6-14(15)41-13)43-27(23(36)19(34)18(33)22(44-27)26(39)40)24-20(35)16(31)17(32)21(42-24)25(37)38/h1-7,16-24,28-29,31-36H,(H,37,38)(H,39,40)/t16-,17-,18-,19+,20+,21+,22-,23+,24+,27-/m1/s1. The van der Waals surface area contributed by atoms with E-state index < -0.39 is 89.6 Å². The summed E-state index contributed by atoms with van der Waals surface area (Å²) in [5.74, 6) is -8.45. The van der Waals surface area contributed by atoms with Crippen LogP contribution in [0.4, 0.5) is 0 Å². The molecule has 3 aromatic rings. The van der Waals surface area contributed by atoms with Gasteiger partial charge in [-0.15, -0.1) is 0 Å². The summed E-state index contributed by atoms with van der Waals surface area (Å²) in [6.45, 7) is 0. The van der Waals surface area contributed by atoms with Crippen molar-refractivity contribution < 1.29 is 79.3 Å². The van der Waals surface area contributed by atoms with Gasteiger partial charge >= 0.3 is 11.9 Å². The van der Waals surface area contributed by atoms with Crippen LogP contribution in [-0.2, 0) is 19.1 Å². The number of hydrogen-bond acceptors (Lipinski definition) is 15. The van der Waals surface area contributed by atoms with Gasteiger partial charge in [-0.05, 0) is 24.3 Å². The van der Waals surface area contributed by atoms with Crippen molar-refractivity contribution in [1.29, 1.82) is 0 Å². The lowest BCUT2D eigenvalue weighted by molar-refractivity contribution is -0.387. The average Bonchev–Trinajstić information content (AvgIpc) is 2.96. The lowest BCUT2D eigenvalue weighted by Crippen LogP contribution is -2.77. The molecule has 236 valence electrons. The number of aliphatic hydroxyl groups excluding tert-OH is 6. The molecule has 0 amide bonds. The summed E-state index contributed by atoms with van der Waals surface area (Å²) in [6.07, 6.45) is -21.3. The first kappa shape index (κ1) is 31.1. The Morgan fingerprint density at radius 1 is 0.773 bits per heavy atom. The predicted molar refractivity (Wildman–Crippen MR) is 139 cm³/mol. The second-order valence-corrected chi connectivity index (χ2v) is 10.3. The number of ether oxygens (including phenoxy) is 3. The number of carboxylic acid groups (broad SMARTS) is 2. The van der Waals surface area contributed by atoms with Crippen molar-refractivity contribution in [3.05, 3.63) is 52.7 Å². The van der Waals surface area contributed by atoms with Gasteiger partial charge in [0, 0.05) is 23.8 Å². The summed E-state index contributed by atoms with van der Waals surface area (Å²) in [7, 11) is 0. The Hall–Kier alpha value is -4.33. The number of carboxylic acids is 2. The molecule has 1 aromatic heterocycles. The molecule has 0 radical (unpaired) electrons. The number of aliphatic carboxylic acids is 2. The first-order valence-electron chi connectivity index (χ1n) is 12.8. The van der Waals surface area contributed by atoms with Crippen LogP contribution in [0.1, 0.15) is 0 Å².